The molecule has 4 rings (SSSR count). The average molecular weight is 743 g/mol. The Morgan fingerprint density at radius 1 is 0.627 bits per heavy atom. The number of hydrogen-bond donors (Lipinski definition) is 5. The first-order chi connectivity index (χ1) is 24.4. The van der Waals surface area contributed by atoms with Gasteiger partial charge >= 0.3 is 23.9 Å². The van der Waals surface area contributed by atoms with Gasteiger partial charge in [-0.1, -0.05) is 18.2 Å². The van der Waals surface area contributed by atoms with Crippen LogP contribution in [0.1, 0.15) is 30.7 Å². The molecule has 51 heavy (non-hydrogen) atoms. The minimum atomic E-state index is -1.19. The van der Waals surface area contributed by atoms with Gasteiger partial charge in [0.1, 0.15) is 6.04 Å². The molecule has 268 valence electrons. The average Bonchev–Trinajstić information content (AvgIpc) is 3.05. The van der Waals surface area contributed by atoms with Crippen molar-refractivity contribution in [1.82, 2.24) is 39.7 Å². The van der Waals surface area contributed by atoms with Gasteiger partial charge in [0.25, 0.3) is 0 Å². The molecule has 0 saturated heterocycles. The molecular formula is C32H33Cl2N9O8. The molecule has 0 aromatic carbocycles. The van der Waals surface area contributed by atoms with E-state index in [9.17, 15) is 29.4 Å². The van der Waals surface area contributed by atoms with Crippen molar-refractivity contribution < 1.29 is 39.6 Å². The van der Waals surface area contributed by atoms with Crippen LogP contribution in [0.15, 0.2) is 54.6 Å². The number of unbranched alkanes of at least 4 members (excludes halogenated alkanes) is 1. The molecule has 4 aromatic rings. The molecule has 0 aliphatic heterocycles. The van der Waals surface area contributed by atoms with Gasteiger partial charge in [-0.3, -0.25) is 29.0 Å². The molecule has 0 unspecified atom stereocenters. The van der Waals surface area contributed by atoms with E-state index in [4.69, 9.17) is 38.4 Å². The lowest BCUT2D eigenvalue weighted by Gasteiger charge is -2.27. The van der Waals surface area contributed by atoms with Crippen LogP contribution in [-0.2, 0) is 32.3 Å². The number of halogens is 2. The minimum absolute atomic E-state index is 0.0119. The number of carboxylic acids is 4. The summed E-state index contributed by atoms with van der Waals surface area (Å²) in [6.07, 6.45) is 1.11. The van der Waals surface area contributed by atoms with Gasteiger partial charge in [-0.05, 0) is 78.9 Å². The number of rotatable bonds is 20. The van der Waals surface area contributed by atoms with Crippen LogP contribution < -0.4 is 5.32 Å². The molecule has 0 saturated carbocycles. The second-order valence-corrected chi connectivity index (χ2v) is 11.8. The first-order valence-electron chi connectivity index (χ1n) is 15.4. The Hall–Kier alpha value is -5.36. The Labute approximate surface area is 301 Å². The topological polar surface area (TPSA) is 245 Å². The van der Waals surface area contributed by atoms with Crippen LogP contribution in [0.3, 0.4) is 0 Å². The fourth-order valence-corrected chi connectivity index (χ4v) is 5.47. The number of carboxylic acid groups (broad SMARTS) is 4. The van der Waals surface area contributed by atoms with E-state index in [2.05, 4.69) is 30.2 Å². The van der Waals surface area contributed by atoms with E-state index in [-0.39, 0.29) is 36.0 Å². The molecule has 0 aliphatic rings. The zero-order valence-electron chi connectivity index (χ0n) is 26.9. The molecule has 1 atom stereocenters. The first kappa shape index (κ1) is 38.4. The number of carbonyl (C=O) groups is 4. The quantitative estimate of drug-likeness (QED) is 0.0816. The lowest BCUT2D eigenvalue weighted by Crippen LogP contribution is -2.43. The van der Waals surface area contributed by atoms with Gasteiger partial charge in [-0.15, -0.1) is 0 Å². The normalized spacial score (nSPS) is 11.8. The molecule has 4 heterocycles. The first-order valence-corrected chi connectivity index (χ1v) is 16.2. The van der Waals surface area contributed by atoms with E-state index in [0.29, 0.717) is 53.5 Å². The van der Waals surface area contributed by atoms with E-state index in [1.54, 1.807) is 54.6 Å². The third-order valence-electron chi connectivity index (χ3n) is 7.19. The Kier molecular flexibility index (Phi) is 14.0. The maximum absolute atomic E-state index is 12.3. The molecule has 0 bridgehead atoms. The maximum Gasteiger partial charge on any atom is 0.320 e. The van der Waals surface area contributed by atoms with Crippen LogP contribution in [0.25, 0.3) is 22.8 Å². The number of aliphatic carboxylic acids is 4. The Bertz CT molecular complexity index is 1830. The van der Waals surface area contributed by atoms with Crippen LogP contribution >= 0.6 is 23.2 Å². The van der Waals surface area contributed by atoms with Gasteiger partial charge in [0.2, 0.25) is 16.5 Å². The molecule has 0 fully saturated rings. The molecule has 0 radical (unpaired) electrons. The van der Waals surface area contributed by atoms with Crippen molar-refractivity contribution in [3.05, 3.63) is 76.6 Å². The lowest BCUT2D eigenvalue weighted by atomic mass is 10.1. The second-order valence-electron chi connectivity index (χ2n) is 11.1. The van der Waals surface area contributed by atoms with E-state index < -0.39 is 49.6 Å². The van der Waals surface area contributed by atoms with Crippen molar-refractivity contribution in [2.75, 3.05) is 31.5 Å². The number of anilines is 1. The summed E-state index contributed by atoms with van der Waals surface area (Å²) in [6, 6.07) is 14.2. The summed E-state index contributed by atoms with van der Waals surface area (Å²) >= 11 is 11.6. The molecule has 4 aromatic heterocycles. The molecule has 5 N–H and O–H groups in total. The van der Waals surface area contributed by atoms with Gasteiger partial charge in [-0.2, -0.15) is 15.0 Å². The van der Waals surface area contributed by atoms with Crippen molar-refractivity contribution in [2.24, 2.45) is 0 Å². The summed E-state index contributed by atoms with van der Waals surface area (Å²) < 4.78 is 0. The molecule has 0 amide bonds. The van der Waals surface area contributed by atoms with E-state index in [1.807, 2.05) is 0 Å². The third-order valence-corrected chi connectivity index (χ3v) is 7.53. The van der Waals surface area contributed by atoms with Crippen molar-refractivity contribution >= 4 is 53.0 Å². The minimum Gasteiger partial charge on any atom is -0.480 e. The van der Waals surface area contributed by atoms with Crippen LogP contribution in [-0.4, -0.2) is 116 Å². The highest BCUT2D eigenvalue weighted by Gasteiger charge is 2.27. The van der Waals surface area contributed by atoms with Crippen LogP contribution in [0.4, 0.5) is 5.95 Å². The lowest BCUT2D eigenvalue weighted by molar-refractivity contribution is -0.147. The third kappa shape index (κ3) is 12.5. The fraction of sp³-hybridized carbons (Fsp3) is 0.312. The molecule has 19 heteroatoms. The highest BCUT2D eigenvalue weighted by atomic mass is 35.5. The van der Waals surface area contributed by atoms with Gasteiger partial charge < -0.3 is 25.7 Å². The maximum atomic E-state index is 12.3. The second kappa shape index (κ2) is 18.6. The Morgan fingerprint density at radius 2 is 1.12 bits per heavy atom. The summed E-state index contributed by atoms with van der Waals surface area (Å²) in [6.45, 7) is -1.18. The van der Waals surface area contributed by atoms with E-state index in [0.717, 1.165) is 0 Å². The number of nitrogens with zero attached hydrogens (tertiary/aromatic N) is 8. The standard InChI is InChI=1S/C32H33Cl2N9O8/c33-30-39-31(34)41-32(40-30)35-13-2-1-12-25(29(50)51)43(18-28(48)49)15-20-7-4-9-22(37-20)24-11-5-10-23(38-24)21-8-3-6-19(36-21)14-42(16-26(44)45)17-27(46)47/h3-11,25H,1-2,12-18H2,(H,44,45)(H,46,47)(H,48,49)(H,50,51)(H,35,39,40,41)/t25-/m0/s1. The highest BCUT2D eigenvalue weighted by Crippen LogP contribution is 2.22. The van der Waals surface area contributed by atoms with Gasteiger partial charge in [0, 0.05) is 19.6 Å². The van der Waals surface area contributed by atoms with E-state index >= 15 is 0 Å². The van der Waals surface area contributed by atoms with Crippen LogP contribution in [0.5, 0.6) is 0 Å². The summed E-state index contributed by atoms with van der Waals surface area (Å²) in [4.78, 5) is 74.5. The number of hydrogen-bond acceptors (Lipinski definition) is 13. The number of nitrogens with one attached hydrogen (secondary N) is 1. The number of pyridine rings is 3. The van der Waals surface area contributed by atoms with Crippen LogP contribution in [0, 0.1) is 0 Å². The van der Waals surface area contributed by atoms with Gasteiger partial charge in [0.15, 0.2) is 0 Å². The van der Waals surface area contributed by atoms with Crippen molar-refractivity contribution in [2.45, 2.75) is 38.4 Å². The highest BCUT2D eigenvalue weighted by molar-refractivity contribution is 6.31. The summed E-state index contributed by atoms with van der Waals surface area (Å²) in [5.41, 5.74) is 2.72. The smallest absolute Gasteiger partial charge is 0.320 e. The largest absolute Gasteiger partial charge is 0.480 e. The molecule has 0 aliphatic carbocycles. The predicted molar refractivity (Wildman–Crippen MR) is 183 cm³/mol. The zero-order valence-corrected chi connectivity index (χ0v) is 28.4. The Balaban J connectivity index is 1.46. The molecular weight excluding hydrogens is 709 g/mol. The Morgan fingerprint density at radius 3 is 1.63 bits per heavy atom. The summed E-state index contributed by atoms with van der Waals surface area (Å²) in [7, 11) is 0. The van der Waals surface area contributed by atoms with Crippen molar-refractivity contribution in [3.8, 4) is 22.8 Å². The zero-order chi connectivity index (χ0) is 36.9. The monoisotopic (exact) mass is 741 g/mol. The van der Waals surface area contributed by atoms with Crippen LogP contribution in [0.2, 0.25) is 10.6 Å². The van der Waals surface area contributed by atoms with Crippen molar-refractivity contribution in [3.63, 3.8) is 0 Å². The summed E-state index contributed by atoms with van der Waals surface area (Å²) in [5.74, 6) is -4.52. The predicted octanol–water partition coefficient (Wildman–Crippen LogP) is 3.29. The van der Waals surface area contributed by atoms with Crippen molar-refractivity contribution in [1.29, 1.82) is 0 Å². The molecule has 17 nitrogen and oxygen atoms in total. The summed E-state index contributed by atoms with van der Waals surface area (Å²) in [5, 5.41) is 40.8. The van der Waals surface area contributed by atoms with E-state index in [1.165, 1.54) is 9.80 Å². The number of aromatic nitrogens is 6. The molecule has 0 spiro atoms. The van der Waals surface area contributed by atoms with Gasteiger partial charge in [-0.25, -0.2) is 15.0 Å². The van der Waals surface area contributed by atoms with Gasteiger partial charge in [0.05, 0.1) is 53.8 Å². The SMILES string of the molecule is O=C(O)CN(CC(=O)O)Cc1cccc(-c2cccc(-c3cccc(CN(CC(=O)O)[C@@H](CCCCNc4nc(Cl)nc(Cl)n4)C(=O)O)n3)n2)n1. The fourth-order valence-electron chi connectivity index (χ4n) is 5.11.